The van der Waals surface area contributed by atoms with Crippen molar-refractivity contribution in [1.29, 1.82) is 0 Å². The molecule has 0 saturated heterocycles. The maximum absolute atomic E-state index is 9.68. The van der Waals surface area contributed by atoms with Gasteiger partial charge in [0.2, 0.25) is 0 Å². The number of anilines is 3. The molecule has 0 heterocycles. The van der Waals surface area contributed by atoms with E-state index in [1.54, 1.807) is 19.2 Å². The Kier molecular flexibility index (Phi) is 4.32. The van der Waals surface area contributed by atoms with Crippen LogP contribution in [0.3, 0.4) is 0 Å². The summed E-state index contributed by atoms with van der Waals surface area (Å²) < 4.78 is 5.02. The molecule has 106 valence electrons. The second kappa shape index (κ2) is 6.16. The molecule has 0 aliphatic heterocycles. The lowest BCUT2D eigenvalue weighted by molar-refractivity contribution is 0.211. The minimum atomic E-state index is 0.130. The van der Waals surface area contributed by atoms with Crippen LogP contribution in [0.25, 0.3) is 11.1 Å². The van der Waals surface area contributed by atoms with Gasteiger partial charge in [-0.2, -0.15) is 0 Å². The number of ether oxygens (including phenoxy) is 1. The molecule has 0 amide bonds. The van der Waals surface area contributed by atoms with Gasteiger partial charge in [0.25, 0.3) is 0 Å². The van der Waals surface area contributed by atoms with Crippen molar-refractivity contribution < 1.29 is 9.84 Å². The first kappa shape index (κ1) is 14.0. The molecule has 2 rings (SSSR count). The highest BCUT2D eigenvalue weighted by molar-refractivity contribution is 5.82. The van der Waals surface area contributed by atoms with Gasteiger partial charge in [-0.3, -0.25) is 0 Å². The maximum Gasteiger partial charge on any atom is 0.118 e. The molecule has 0 aliphatic carbocycles. The van der Waals surface area contributed by atoms with Crippen molar-refractivity contribution in [1.82, 2.24) is 0 Å². The van der Waals surface area contributed by atoms with Gasteiger partial charge in [0.15, 0.2) is 0 Å². The summed E-state index contributed by atoms with van der Waals surface area (Å²) in [6.07, 6.45) is 0. The van der Waals surface area contributed by atoms with E-state index in [0.29, 0.717) is 24.5 Å². The minimum absolute atomic E-state index is 0.130. The Balaban J connectivity index is 2.40. The predicted octanol–water partition coefficient (Wildman–Crippen LogP) is 2.28. The molecule has 0 unspecified atom stereocenters. The molecule has 20 heavy (non-hydrogen) atoms. The van der Waals surface area contributed by atoms with Gasteiger partial charge in [-0.1, -0.05) is 0 Å². The van der Waals surface area contributed by atoms with Crippen molar-refractivity contribution in [3.05, 3.63) is 36.4 Å². The van der Waals surface area contributed by atoms with Gasteiger partial charge in [0, 0.05) is 42.3 Å². The van der Waals surface area contributed by atoms with Crippen LogP contribution in [0.5, 0.6) is 5.75 Å². The molecule has 0 aliphatic rings. The van der Waals surface area contributed by atoms with Gasteiger partial charge < -0.3 is 26.6 Å². The highest BCUT2D eigenvalue weighted by Gasteiger charge is 2.08. The van der Waals surface area contributed by atoms with E-state index in [1.165, 1.54) is 6.07 Å². The standard InChI is InChI=1S/C15H19N3O2/c1-20-5-4-18-15-3-2-11(16)9-14(15)10-6-12(17)8-13(19)7-10/h2-3,6-9,18-19H,4-5,16-17H2,1H3. The summed E-state index contributed by atoms with van der Waals surface area (Å²) in [5.74, 6) is 0.130. The predicted molar refractivity (Wildman–Crippen MR) is 82.7 cm³/mol. The molecule has 5 nitrogen and oxygen atoms in total. The Morgan fingerprint density at radius 2 is 1.90 bits per heavy atom. The van der Waals surface area contributed by atoms with Gasteiger partial charge in [0.05, 0.1) is 6.61 Å². The smallest absolute Gasteiger partial charge is 0.118 e. The highest BCUT2D eigenvalue weighted by Crippen LogP contribution is 2.33. The summed E-state index contributed by atoms with van der Waals surface area (Å²) in [6, 6.07) is 10.5. The summed E-state index contributed by atoms with van der Waals surface area (Å²) in [5.41, 5.74) is 15.4. The van der Waals surface area contributed by atoms with Crippen molar-refractivity contribution in [3.8, 4) is 16.9 Å². The van der Waals surface area contributed by atoms with Crippen LogP contribution in [-0.4, -0.2) is 25.4 Å². The lowest BCUT2D eigenvalue weighted by Crippen LogP contribution is -2.08. The lowest BCUT2D eigenvalue weighted by atomic mass is 10.0. The van der Waals surface area contributed by atoms with E-state index in [2.05, 4.69) is 5.32 Å². The third kappa shape index (κ3) is 3.33. The molecule has 0 aromatic heterocycles. The molecule has 0 atom stereocenters. The average molecular weight is 273 g/mol. The highest BCUT2D eigenvalue weighted by atomic mass is 16.5. The Morgan fingerprint density at radius 1 is 1.10 bits per heavy atom. The number of nitrogens with one attached hydrogen (secondary N) is 1. The third-order valence-electron chi connectivity index (χ3n) is 2.92. The van der Waals surface area contributed by atoms with Crippen molar-refractivity contribution in [3.63, 3.8) is 0 Å². The van der Waals surface area contributed by atoms with Crippen molar-refractivity contribution in [2.45, 2.75) is 0 Å². The van der Waals surface area contributed by atoms with E-state index in [1.807, 2.05) is 18.2 Å². The van der Waals surface area contributed by atoms with Gasteiger partial charge in [-0.15, -0.1) is 0 Å². The first-order chi connectivity index (χ1) is 9.60. The summed E-state index contributed by atoms with van der Waals surface area (Å²) in [6.45, 7) is 1.29. The Bertz CT molecular complexity index is 579. The zero-order valence-electron chi connectivity index (χ0n) is 11.4. The fraction of sp³-hybridized carbons (Fsp3) is 0.200. The minimum Gasteiger partial charge on any atom is -0.508 e. The molecule has 0 radical (unpaired) electrons. The number of phenols is 1. The summed E-state index contributed by atoms with van der Waals surface area (Å²) in [5, 5.41) is 13.0. The summed E-state index contributed by atoms with van der Waals surface area (Å²) >= 11 is 0. The SMILES string of the molecule is COCCNc1ccc(N)cc1-c1cc(N)cc(O)c1. The number of aromatic hydroxyl groups is 1. The largest absolute Gasteiger partial charge is 0.508 e. The molecular formula is C15H19N3O2. The average Bonchev–Trinajstić information content (AvgIpc) is 2.39. The number of benzene rings is 2. The Labute approximate surface area is 118 Å². The van der Waals surface area contributed by atoms with E-state index in [-0.39, 0.29) is 5.75 Å². The van der Waals surface area contributed by atoms with Crippen LogP contribution in [0.2, 0.25) is 0 Å². The Morgan fingerprint density at radius 3 is 2.60 bits per heavy atom. The second-order valence-corrected chi connectivity index (χ2v) is 4.54. The van der Waals surface area contributed by atoms with Gasteiger partial charge in [-0.05, 0) is 35.9 Å². The zero-order valence-corrected chi connectivity index (χ0v) is 11.4. The number of hydrogen-bond donors (Lipinski definition) is 4. The Hall–Kier alpha value is -2.40. The molecule has 0 bridgehead atoms. The number of phenolic OH excluding ortho intramolecular Hbond substituents is 1. The van der Waals surface area contributed by atoms with E-state index in [0.717, 1.165) is 16.8 Å². The van der Waals surface area contributed by atoms with Crippen LogP contribution in [0.4, 0.5) is 17.1 Å². The van der Waals surface area contributed by atoms with Crippen LogP contribution in [0.15, 0.2) is 36.4 Å². The molecule has 0 spiro atoms. The fourth-order valence-corrected chi connectivity index (χ4v) is 2.03. The second-order valence-electron chi connectivity index (χ2n) is 4.54. The van der Waals surface area contributed by atoms with E-state index < -0.39 is 0 Å². The van der Waals surface area contributed by atoms with E-state index in [4.69, 9.17) is 16.2 Å². The van der Waals surface area contributed by atoms with E-state index in [9.17, 15) is 5.11 Å². The molecule has 2 aromatic rings. The van der Waals surface area contributed by atoms with Gasteiger partial charge in [0.1, 0.15) is 5.75 Å². The fourth-order valence-electron chi connectivity index (χ4n) is 2.03. The van der Waals surface area contributed by atoms with Gasteiger partial charge >= 0.3 is 0 Å². The molecule has 0 saturated carbocycles. The number of methoxy groups -OCH3 is 1. The zero-order chi connectivity index (χ0) is 14.5. The number of hydrogen-bond acceptors (Lipinski definition) is 5. The summed E-state index contributed by atoms with van der Waals surface area (Å²) in [4.78, 5) is 0. The first-order valence-electron chi connectivity index (χ1n) is 6.32. The van der Waals surface area contributed by atoms with Crippen LogP contribution in [-0.2, 0) is 4.74 Å². The van der Waals surface area contributed by atoms with Crippen LogP contribution >= 0.6 is 0 Å². The number of rotatable bonds is 5. The van der Waals surface area contributed by atoms with Crippen LogP contribution < -0.4 is 16.8 Å². The van der Waals surface area contributed by atoms with Crippen molar-refractivity contribution in [2.24, 2.45) is 0 Å². The third-order valence-corrected chi connectivity index (χ3v) is 2.92. The number of nitrogens with two attached hydrogens (primary N) is 2. The maximum atomic E-state index is 9.68. The first-order valence-corrected chi connectivity index (χ1v) is 6.32. The molecule has 2 aromatic carbocycles. The van der Waals surface area contributed by atoms with Crippen molar-refractivity contribution in [2.75, 3.05) is 37.0 Å². The summed E-state index contributed by atoms with van der Waals surface area (Å²) in [7, 11) is 1.65. The molecule has 6 N–H and O–H groups in total. The molecule has 5 heteroatoms. The quantitative estimate of drug-likeness (QED) is 0.495. The lowest BCUT2D eigenvalue weighted by Gasteiger charge is -2.13. The van der Waals surface area contributed by atoms with Gasteiger partial charge in [-0.25, -0.2) is 0 Å². The van der Waals surface area contributed by atoms with Crippen molar-refractivity contribution >= 4 is 17.1 Å². The van der Waals surface area contributed by atoms with Crippen LogP contribution in [0.1, 0.15) is 0 Å². The monoisotopic (exact) mass is 273 g/mol. The van der Waals surface area contributed by atoms with Crippen LogP contribution in [0, 0.1) is 0 Å². The number of nitrogen functional groups attached to an aromatic ring is 2. The van der Waals surface area contributed by atoms with E-state index >= 15 is 0 Å². The molecule has 0 fully saturated rings. The topological polar surface area (TPSA) is 93.5 Å². The normalized spacial score (nSPS) is 10.4. The molecular weight excluding hydrogens is 254 g/mol.